The Hall–Kier alpha value is -2.58. The van der Waals surface area contributed by atoms with E-state index in [9.17, 15) is 4.79 Å². The molecule has 0 fully saturated rings. The SMILES string of the molecule is C=CCn1c(SCC(=O)Nc2c(C)cccc2C)nnc1C(C)Oc1ccc(Br)cc1. The zero-order chi connectivity index (χ0) is 22.4. The molecular formula is C23H25BrN4O2S. The topological polar surface area (TPSA) is 69.0 Å². The van der Waals surface area contributed by atoms with Gasteiger partial charge in [-0.3, -0.25) is 9.36 Å². The lowest BCUT2D eigenvalue weighted by Crippen LogP contribution is -2.16. The van der Waals surface area contributed by atoms with Crippen LogP contribution in [0.3, 0.4) is 0 Å². The summed E-state index contributed by atoms with van der Waals surface area (Å²) in [5.41, 5.74) is 2.93. The molecule has 2 aromatic carbocycles. The van der Waals surface area contributed by atoms with Gasteiger partial charge < -0.3 is 10.1 Å². The van der Waals surface area contributed by atoms with Crippen molar-refractivity contribution in [3.05, 3.63) is 76.5 Å². The van der Waals surface area contributed by atoms with Gasteiger partial charge in [-0.2, -0.15) is 0 Å². The van der Waals surface area contributed by atoms with Crippen LogP contribution < -0.4 is 10.1 Å². The first-order valence-corrected chi connectivity index (χ1v) is 11.6. The molecule has 0 saturated carbocycles. The van der Waals surface area contributed by atoms with Crippen LogP contribution in [0.2, 0.25) is 0 Å². The van der Waals surface area contributed by atoms with Crippen LogP contribution in [-0.4, -0.2) is 26.4 Å². The predicted octanol–water partition coefficient (Wildman–Crippen LogP) is 5.71. The number of allylic oxidation sites excluding steroid dienone is 1. The van der Waals surface area contributed by atoms with Gasteiger partial charge in [0.1, 0.15) is 5.75 Å². The average Bonchev–Trinajstić information content (AvgIpc) is 3.14. The van der Waals surface area contributed by atoms with Crippen LogP contribution in [0.1, 0.15) is 30.0 Å². The fourth-order valence-electron chi connectivity index (χ4n) is 3.10. The summed E-state index contributed by atoms with van der Waals surface area (Å²) in [6.07, 6.45) is 1.46. The summed E-state index contributed by atoms with van der Waals surface area (Å²) in [6.45, 7) is 10.2. The Bertz CT molecular complexity index is 1050. The first-order chi connectivity index (χ1) is 14.9. The van der Waals surface area contributed by atoms with E-state index in [2.05, 4.69) is 38.0 Å². The van der Waals surface area contributed by atoms with Gasteiger partial charge in [-0.05, 0) is 56.2 Å². The van der Waals surface area contributed by atoms with E-state index in [1.165, 1.54) is 11.8 Å². The highest BCUT2D eigenvalue weighted by atomic mass is 79.9. The van der Waals surface area contributed by atoms with Crippen molar-refractivity contribution < 1.29 is 9.53 Å². The highest BCUT2D eigenvalue weighted by Gasteiger charge is 2.20. The summed E-state index contributed by atoms with van der Waals surface area (Å²) in [6, 6.07) is 13.6. The highest BCUT2D eigenvalue weighted by Crippen LogP contribution is 2.26. The van der Waals surface area contributed by atoms with E-state index in [1.54, 1.807) is 6.08 Å². The minimum atomic E-state index is -0.314. The van der Waals surface area contributed by atoms with Crippen molar-refractivity contribution in [1.82, 2.24) is 14.8 Å². The fourth-order valence-corrected chi connectivity index (χ4v) is 4.11. The van der Waals surface area contributed by atoms with Crippen LogP contribution in [0.25, 0.3) is 0 Å². The number of halogens is 1. The van der Waals surface area contributed by atoms with Crippen LogP contribution in [0, 0.1) is 13.8 Å². The van der Waals surface area contributed by atoms with Gasteiger partial charge in [0, 0.05) is 16.7 Å². The van der Waals surface area contributed by atoms with E-state index < -0.39 is 0 Å². The number of aromatic nitrogens is 3. The normalized spacial score (nSPS) is 11.7. The Labute approximate surface area is 195 Å². The smallest absolute Gasteiger partial charge is 0.234 e. The zero-order valence-electron chi connectivity index (χ0n) is 17.8. The number of anilines is 1. The lowest BCUT2D eigenvalue weighted by Gasteiger charge is -2.16. The molecule has 1 heterocycles. The van der Waals surface area contributed by atoms with E-state index in [0.29, 0.717) is 17.5 Å². The number of amides is 1. The van der Waals surface area contributed by atoms with Crippen molar-refractivity contribution in [2.45, 2.75) is 38.6 Å². The summed E-state index contributed by atoms with van der Waals surface area (Å²) in [5, 5.41) is 12.3. The van der Waals surface area contributed by atoms with E-state index >= 15 is 0 Å². The molecule has 0 aliphatic carbocycles. The average molecular weight is 501 g/mol. The highest BCUT2D eigenvalue weighted by molar-refractivity contribution is 9.10. The van der Waals surface area contributed by atoms with E-state index in [4.69, 9.17) is 4.74 Å². The number of hydrogen-bond acceptors (Lipinski definition) is 5. The Morgan fingerprint density at radius 3 is 2.55 bits per heavy atom. The number of hydrogen-bond donors (Lipinski definition) is 1. The molecule has 1 amide bonds. The van der Waals surface area contributed by atoms with Crippen molar-refractivity contribution in [3.63, 3.8) is 0 Å². The van der Waals surface area contributed by atoms with Crippen molar-refractivity contribution in [2.75, 3.05) is 11.1 Å². The molecule has 0 aliphatic rings. The second-order valence-electron chi connectivity index (χ2n) is 7.06. The minimum absolute atomic E-state index is 0.0868. The van der Waals surface area contributed by atoms with Gasteiger partial charge in [0.15, 0.2) is 17.1 Å². The van der Waals surface area contributed by atoms with Crippen molar-refractivity contribution in [3.8, 4) is 5.75 Å². The summed E-state index contributed by atoms with van der Waals surface area (Å²) in [4.78, 5) is 12.5. The molecule has 1 unspecified atom stereocenters. The summed E-state index contributed by atoms with van der Waals surface area (Å²) >= 11 is 4.76. The van der Waals surface area contributed by atoms with Gasteiger partial charge in [-0.15, -0.1) is 16.8 Å². The number of carbonyl (C=O) groups excluding carboxylic acids is 1. The number of nitrogens with one attached hydrogen (secondary N) is 1. The van der Waals surface area contributed by atoms with Gasteiger partial charge >= 0.3 is 0 Å². The maximum atomic E-state index is 12.5. The molecule has 0 radical (unpaired) electrons. The fraction of sp³-hybridized carbons (Fsp3) is 0.261. The Balaban J connectivity index is 1.68. The lowest BCUT2D eigenvalue weighted by molar-refractivity contribution is -0.113. The maximum absolute atomic E-state index is 12.5. The molecule has 0 aliphatic heterocycles. The molecule has 162 valence electrons. The quantitative estimate of drug-likeness (QED) is 0.300. The molecule has 3 rings (SSSR count). The standard InChI is InChI=1S/C23H25BrN4O2S/c1-5-13-28-22(17(4)30-19-11-9-18(24)10-12-19)26-27-23(28)31-14-20(29)25-21-15(2)7-6-8-16(21)3/h5-12,17H,1,13-14H2,2-4H3,(H,25,29). The van der Waals surface area contributed by atoms with Crippen LogP contribution in [0.15, 0.2) is 64.7 Å². The predicted molar refractivity (Wildman–Crippen MR) is 129 cm³/mol. The van der Waals surface area contributed by atoms with E-state index in [-0.39, 0.29) is 17.8 Å². The number of rotatable bonds is 9. The van der Waals surface area contributed by atoms with E-state index in [1.807, 2.05) is 67.8 Å². The molecule has 8 heteroatoms. The minimum Gasteiger partial charge on any atom is -0.483 e. The number of nitrogens with zero attached hydrogens (tertiary/aromatic N) is 3. The number of benzene rings is 2. The third-order valence-electron chi connectivity index (χ3n) is 4.63. The number of aryl methyl sites for hydroxylation is 2. The lowest BCUT2D eigenvalue weighted by atomic mass is 10.1. The summed E-state index contributed by atoms with van der Waals surface area (Å²) in [7, 11) is 0. The van der Waals surface area contributed by atoms with Crippen LogP contribution >= 0.6 is 27.7 Å². The molecule has 1 N–H and O–H groups in total. The Kier molecular flexibility index (Phi) is 7.92. The molecule has 0 spiro atoms. The molecular weight excluding hydrogens is 476 g/mol. The van der Waals surface area contributed by atoms with Gasteiger partial charge in [0.2, 0.25) is 5.91 Å². The molecule has 0 saturated heterocycles. The molecule has 6 nitrogen and oxygen atoms in total. The van der Waals surface area contributed by atoms with Gasteiger partial charge in [0.25, 0.3) is 0 Å². The molecule has 0 bridgehead atoms. The number of carbonyl (C=O) groups is 1. The van der Waals surface area contributed by atoms with Crippen molar-refractivity contribution in [1.29, 1.82) is 0 Å². The summed E-state index contributed by atoms with van der Waals surface area (Å²) in [5.74, 6) is 1.56. The van der Waals surface area contributed by atoms with Crippen molar-refractivity contribution >= 4 is 39.3 Å². The second-order valence-corrected chi connectivity index (χ2v) is 8.92. The first kappa shape index (κ1) is 23.1. The third kappa shape index (κ3) is 5.98. The number of ether oxygens (including phenoxy) is 1. The first-order valence-electron chi connectivity index (χ1n) is 9.84. The molecule has 3 aromatic rings. The van der Waals surface area contributed by atoms with Gasteiger partial charge in [-0.1, -0.05) is 52.0 Å². The maximum Gasteiger partial charge on any atom is 0.234 e. The number of thioether (sulfide) groups is 1. The number of para-hydroxylation sites is 1. The van der Waals surface area contributed by atoms with Gasteiger partial charge in [-0.25, -0.2) is 0 Å². The zero-order valence-corrected chi connectivity index (χ0v) is 20.2. The Morgan fingerprint density at radius 1 is 1.23 bits per heavy atom. The molecule has 1 aromatic heterocycles. The molecule has 1 atom stereocenters. The second kappa shape index (κ2) is 10.6. The van der Waals surface area contributed by atoms with Crippen molar-refractivity contribution in [2.24, 2.45) is 0 Å². The van der Waals surface area contributed by atoms with Gasteiger partial charge in [0.05, 0.1) is 5.75 Å². The Morgan fingerprint density at radius 2 is 1.90 bits per heavy atom. The summed E-state index contributed by atoms with van der Waals surface area (Å²) < 4.78 is 8.93. The van der Waals surface area contributed by atoms with Crippen LogP contribution in [0.5, 0.6) is 5.75 Å². The largest absolute Gasteiger partial charge is 0.483 e. The third-order valence-corrected chi connectivity index (χ3v) is 6.12. The van der Waals surface area contributed by atoms with Crippen LogP contribution in [0.4, 0.5) is 5.69 Å². The molecule has 31 heavy (non-hydrogen) atoms. The van der Waals surface area contributed by atoms with Crippen LogP contribution in [-0.2, 0) is 11.3 Å². The monoisotopic (exact) mass is 500 g/mol. The van der Waals surface area contributed by atoms with E-state index in [0.717, 1.165) is 27.0 Å².